The highest BCUT2D eigenvalue weighted by Gasteiger charge is 2.33. The van der Waals surface area contributed by atoms with E-state index in [-0.39, 0.29) is 11.9 Å². The lowest BCUT2D eigenvalue weighted by Crippen LogP contribution is -3.30. The van der Waals surface area contributed by atoms with Crippen LogP contribution in [0.25, 0.3) is 11.1 Å². The van der Waals surface area contributed by atoms with Crippen LogP contribution in [0.15, 0.2) is 54.6 Å². The number of nitrogens with zero attached hydrogens (tertiary/aromatic N) is 1. The predicted octanol–water partition coefficient (Wildman–Crippen LogP) is 0.0864. The van der Waals surface area contributed by atoms with Gasteiger partial charge in [0, 0.05) is 24.3 Å². The Morgan fingerprint density at radius 1 is 0.935 bits per heavy atom. The average molecular weight is 423 g/mol. The van der Waals surface area contributed by atoms with Gasteiger partial charge in [0.15, 0.2) is 12.6 Å². The molecule has 2 heterocycles. The summed E-state index contributed by atoms with van der Waals surface area (Å²) in [5.74, 6) is 0.342. The van der Waals surface area contributed by atoms with Crippen molar-refractivity contribution in [3.05, 3.63) is 54.6 Å². The van der Waals surface area contributed by atoms with Gasteiger partial charge in [0.2, 0.25) is 0 Å². The predicted molar refractivity (Wildman–Crippen MR) is 122 cm³/mol. The molecule has 2 fully saturated rings. The fourth-order valence-electron chi connectivity index (χ4n) is 4.71. The molecule has 2 aromatic rings. The van der Waals surface area contributed by atoms with Gasteiger partial charge in [-0.2, -0.15) is 0 Å². The highest BCUT2D eigenvalue weighted by atomic mass is 16.2. The highest BCUT2D eigenvalue weighted by Crippen LogP contribution is 2.27. The molecule has 2 aliphatic heterocycles. The van der Waals surface area contributed by atoms with E-state index in [9.17, 15) is 9.59 Å². The van der Waals surface area contributed by atoms with Gasteiger partial charge in [-0.15, -0.1) is 0 Å². The van der Waals surface area contributed by atoms with E-state index in [1.807, 2.05) is 54.3 Å². The van der Waals surface area contributed by atoms with Gasteiger partial charge in [-0.3, -0.25) is 9.59 Å². The number of carbonyl (C=O) groups is 2. The zero-order valence-electron chi connectivity index (χ0n) is 18.4. The summed E-state index contributed by atoms with van der Waals surface area (Å²) in [5, 5.41) is 3.16. The Bertz CT molecular complexity index is 887. The summed E-state index contributed by atoms with van der Waals surface area (Å²) >= 11 is 0. The van der Waals surface area contributed by atoms with Crippen LogP contribution in [-0.4, -0.2) is 68.6 Å². The van der Waals surface area contributed by atoms with E-state index in [1.165, 1.54) is 9.80 Å². The van der Waals surface area contributed by atoms with Crippen molar-refractivity contribution < 1.29 is 19.4 Å². The molecule has 6 heteroatoms. The van der Waals surface area contributed by atoms with Gasteiger partial charge in [-0.25, -0.2) is 0 Å². The lowest BCUT2D eigenvalue weighted by atomic mass is 10.0. The van der Waals surface area contributed by atoms with Gasteiger partial charge < -0.3 is 20.0 Å². The van der Waals surface area contributed by atoms with Crippen molar-refractivity contribution >= 4 is 17.5 Å². The minimum absolute atomic E-state index is 0.0509. The molecule has 2 amide bonds. The first-order chi connectivity index (χ1) is 15.1. The molecule has 1 atom stereocenters. The van der Waals surface area contributed by atoms with Crippen molar-refractivity contribution in [3.8, 4) is 11.1 Å². The van der Waals surface area contributed by atoms with Crippen LogP contribution < -0.4 is 15.1 Å². The van der Waals surface area contributed by atoms with Crippen molar-refractivity contribution in [2.45, 2.75) is 25.8 Å². The topological polar surface area (TPSA) is 58.3 Å². The monoisotopic (exact) mass is 422 g/mol. The molecule has 3 N–H and O–H groups in total. The van der Waals surface area contributed by atoms with Crippen LogP contribution in [0, 0.1) is 0 Å². The van der Waals surface area contributed by atoms with Gasteiger partial charge in [0.1, 0.15) is 26.2 Å². The quantitative estimate of drug-likeness (QED) is 0.618. The molecule has 0 saturated carbocycles. The van der Waals surface area contributed by atoms with Crippen LogP contribution >= 0.6 is 0 Å². The molecule has 164 valence electrons. The van der Waals surface area contributed by atoms with E-state index in [0.29, 0.717) is 12.5 Å². The van der Waals surface area contributed by atoms with E-state index in [2.05, 4.69) is 17.4 Å². The summed E-state index contributed by atoms with van der Waals surface area (Å²) < 4.78 is 0. The Morgan fingerprint density at radius 3 is 2.29 bits per heavy atom. The largest absolute Gasteiger partial charge is 0.338 e. The first-order valence-corrected chi connectivity index (χ1v) is 11.5. The Kier molecular flexibility index (Phi) is 6.99. The average Bonchev–Trinajstić information content (AvgIpc) is 3.35. The summed E-state index contributed by atoms with van der Waals surface area (Å²) in [6.07, 6.45) is 2.28. The smallest absolute Gasteiger partial charge is 0.282 e. The number of rotatable bonds is 6. The van der Waals surface area contributed by atoms with Crippen molar-refractivity contribution in [2.75, 3.05) is 51.1 Å². The Morgan fingerprint density at radius 2 is 1.58 bits per heavy atom. The van der Waals surface area contributed by atoms with Gasteiger partial charge in [-0.05, 0) is 31.4 Å². The zero-order valence-corrected chi connectivity index (χ0v) is 18.4. The fourth-order valence-corrected chi connectivity index (χ4v) is 4.71. The number of likely N-dealkylation sites (tertiary alicyclic amines) is 1. The fraction of sp³-hybridized carbons (Fsp3) is 0.440. The molecule has 0 unspecified atom stereocenters. The van der Waals surface area contributed by atoms with Crippen LogP contribution in [0.5, 0.6) is 0 Å². The summed E-state index contributed by atoms with van der Waals surface area (Å²) in [6.45, 7) is 8.15. The third-order valence-electron chi connectivity index (χ3n) is 6.73. The van der Waals surface area contributed by atoms with Gasteiger partial charge in [0.05, 0.1) is 0 Å². The molecule has 4 rings (SSSR count). The van der Waals surface area contributed by atoms with E-state index >= 15 is 0 Å². The molecule has 2 saturated heterocycles. The van der Waals surface area contributed by atoms with Crippen molar-refractivity contribution in [2.24, 2.45) is 0 Å². The first-order valence-electron chi connectivity index (χ1n) is 11.5. The number of amides is 2. The standard InChI is InChI=1S/C25H32N4O2/c1-20(28-17-15-27(16-18-28)19-24(30)29-13-7-8-14-29)25(31)26-23-12-6-5-11-22(23)21-9-3-2-4-10-21/h2-6,9-12,20H,7-8,13-19H2,1H3,(H,26,31)/p+2/t20-/m1/s1. The van der Waals surface area contributed by atoms with E-state index < -0.39 is 0 Å². The first kappa shape index (κ1) is 21.5. The van der Waals surface area contributed by atoms with Crippen molar-refractivity contribution in [1.29, 1.82) is 0 Å². The number of anilines is 1. The molecule has 0 spiro atoms. The summed E-state index contributed by atoms with van der Waals surface area (Å²) in [7, 11) is 0. The molecular formula is C25H34N4O2+2. The van der Waals surface area contributed by atoms with Crippen LogP contribution in [0.3, 0.4) is 0 Å². The molecule has 0 aliphatic carbocycles. The number of hydrogen-bond donors (Lipinski definition) is 3. The molecule has 2 aromatic carbocycles. The Balaban J connectivity index is 1.31. The maximum Gasteiger partial charge on any atom is 0.282 e. The second-order valence-corrected chi connectivity index (χ2v) is 8.80. The van der Waals surface area contributed by atoms with E-state index in [4.69, 9.17) is 0 Å². The Labute approximate surface area is 184 Å². The third-order valence-corrected chi connectivity index (χ3v) is 6.73. The molecule has 6 nitrogen and oxygen atoms in total. The lowest BCUT2D eigenvalue weighted by molar-refractivity contribution is -1.01. The number of piperazine rings is 1. The molecule has 0 aromatic heterocycles. The maximum atomic E-state index is 13.0. The molecule has 0 bridgehead atoms. The highest BCUT2D eigenvalue weighted by molar-refractivity contribution is 5.97. The van der Waals surface area contributed by atoms with Gasteiger partial charge in [0.25, 0.3) is 11.8 Å². The van der Waals surface area contributed by atoms with Gasteiger partial charge >= 0.3 is 0 Å². The summed E-state index contributed by atoms with van der Waals surface area (Å²) in [6, 6.07) is 18.0. The lowest BCUT2D eigenvalue weighted by Gasteiger charge is -2.33. The number of para-hydroxylation sites is 1. The number of carbonyl (C=O) groups excluding carboxylic acids is 2. The number of hydrogen-bond acceptors (Lipinski definition) is 2. The SMILES string of the molecule is C[C@H](C(=O)Nc1ccccc1-c1ccccc1)[NH+]1CC[NH+](CC(=O)N2CCCC2)CC1. The second kappa shape index (κ2) is 10.1. The van der Waals surface area contributed by atoms with Crippen LogP contribution in [0.4, 0.5) is 5.69 Å². The number of benzene rings is 2. The zero-order chi connectivity index (χ0) is 21.6. The maximum absolute atomic E-state index is 13.0. The second-order valence-electron chi connectivity index (χ2n) is 8.80. The number of quaternary nitrogens is 2. The minimum Gasteiger partial charge on any atom is -0.338 e. The van der Waals surface area contributed by atoms with E-state index in [1.54, 1.807) is 0 Å². The molecular weight excluding hydrogens is 388 g/mol. The van der Waals surface area contributed by atoms with E-state index in [0.717, 1.165) is 68.9 Å². The van der Waals surface area contributed by atoms with Crippen LogP contribution in [0.2, 0.25) is 0 Å². The summed E-state index contributed by atoms with van der Waals surface area (Å²) in [4.78, 5) is 30.1. The van der Waals surface area contributed by atoms with Crippen molar-refractivity contribution in [3.63, 3.8) is 0 Å². The van der Waals surface area contributed by atoms with Crippen molar-refractivity contribution in [1.82, 2.24) is 4.90 Å². The molecule has 0 radical (unpaired) electrons. The minimum atomic E-state index is -0.125. The molecule has 31 heavy (non-hydrogen) atoms. The third kappa shape index (κ3) is 5.32. The Hall–Kier alpha value is -2.70. The van der Waals surface area contributed by atoms with Crippen LogP contribution in [0.1, 0.15) is 19.8 Å². The normalized spacial score (nSPS) is 22.2. The molecule has 2 aliphatic rings. The number of nitrogens with one attached hydrogen (secondary N) is 3. The van der Waals surface area contributed by atoms with Crippen LogP contribution in [-0.2, 0) is 9.59 Å². The summed E-state index contributed by atoms with van der Waals surface area (Å²) in [5.41, 5.74) is 2.98. The van der Waals surface area contributed by atoms with Gasteiger partial charge in [-0.1, -0.05) is 48.5 Å².